The Labute approximate surface area is 239 Å². The van der Waals surface area contributed by atoms with Crippen molar-refractivity contribution in [3.05, 3.63) is 96.1 Å². The number of hydrogen-bond acceptors (Lipinski definition) is 6. The lowest BCUT2D eigenvalue weighted by molar-refractivity contribution is -0.121. The Kier molecular flexibility index (Phi) is 8.96. The van der Waals surface area contributed by atoms with Gasteiger partial charge in [0.05, 0.1) is 24.0 Å². The molecule has 3 aromatic carbocycles. The minimum Gasteiger partial charge on any atom is -0.494 e. The van der Waals surface area contributed by atoms with Crippen LogP contribution >= 0.6 is 11.8 Å². The van der Waals surface area contributed by atoms with E-state index in [1.165, 1.54) is 17.7 Å². The summed E-state index contributed by atoms with van der Waals surface area (Å²) in [5.41, 5.74) is 3.47. The second kappa shape index (κ2) is 13.0. The molecule has 2 atom stereocenters. The number of hydrogen-bond donors (Lipinski definition) is 1. The maximum Gasteiger partial charge on any atom is 0.247 e. The topological polar surface area (TPSA) is 86.1 Å². The number of rotatable bonds is 10. The maximum absolute atomic E-state index is 13.4. The third-order valence-corrected chi connectivity index (χ3v) is 8.19. The second-order valence-corrected chi connectivity index (χ2v) is 11.2. The zero-order chi connectivity index (χ0) is 27.9. The van der Waals surface area contributed by atoms with E-state index in [1.54, 1.807) is 29.3 Å². The van der Waals surface area contributed by atoms with Gasteiger partial charge in [-0.1, -0.05) is 98.6 Å². The van der Waals surface area contributed by atoms with Crippen LogP contribution in [0.2, 0.25) is 0 Å². The van der Waals surface area contributed by atoms with E-state index in [9.17, 15) is 9.59 Å². The highest BCUT2D eigenvalue weighted by Gasteiger charge is 2.42. The monoisotopic (exact) mass is 554 g/mol. The number of imide groups is 1. The number of ether oxygens (including phenoxy) is 1. The quantitative estimate of drug-likeness (QED) is 0.129. The molecule has 40 heavy (non-hydrogen) atoms. The molecule has 206 valence electrons. The summed E-state index contributed by atoms with van der Waals surface area (Å²) < 4.78 is 5.80. The number of hydrazone groups is 1. The molecule has 0 spiro atoms. The first-order chi connectivity index (χ1) is 19.5. The zero-order valence-corrected chi connectivity index (χ0v) is 23.5. The van der Waals surface area contributed by atoms with Gasteiger partial charge in [0.15, 0.2) is 5.17 Å². The van der Waals surface area contributed by atoms with Crippen molar-refractivity contribution in [1.82, 2.24) is 5.01 Å². The van der Waals surface area contributed by atoms with Crippen LogP contribution < -0.4 is 9.64 Å². The Balaban J connectivity index is 1.26. The van der Waals surface area contributed by atoms with Gasteiger partial charge < -0.3 is 4.74 Å². The summed E-state index contributed by atoms with van der Waals surface area (Å²) in [5, 5.41) is 14.9. The van der Waals surface area contributed by atoms with E-state index >= 15 is 0 Å². The third-order valence-electron chi connectivity index (χ3n) is 7.13. The molecule has 5 rings (SSSR count). The summed E-state index contributed by atoms with van der Waals surface area (Å²) in [6.07, 6.45) is 5.21. The highest BCUT2D eigenvalue weighted by molar-refractivity contribution is 8.14. The van der Waals surface area contributed by atoms with Gasteiger partial charge in [-0.15, -0.1) is 0 Å². The Morgan fingerprint density at radius 3 is 2.33 bits per heavy atom. The lowest BCUT2D eigenvalue weighted by Gasteiger charge is -2.24. The largest absolute Gasteiger partial charge is 0.494 e. The predicted molar refractivity (Wildman–Crippen MR) is 161 cm³/mol. The summed E-state index contributed by atoms with van der Waals surface area (Å²) in [5.74, 6) is 0.147. The normalized spacial score (nSPS) is 18.8. The van der Waals surface area contributed by atoms with Gasteiger partial charge in [0.2, 0.25) is 11.8 Å². The molecule has 0 aromatic heterocycles. The molecule has 2 aliphatic rings. The fourth-order valence-corrected chi connectivity index (χ4v) is 5.98. The summed E-state index contributed by atoms with van der Waals surface area (Å²) in [6.45, 7) is 2.83. The van der Waals surface area contributed by atoms with Crippen LogP contribution in [0.1, 0.15) is 62.6 Å². The van der Waals surface area contributed by atoms with Crippen molar-refractivity contribution in [2.24, 2.45) is 5.10 Å². The van der Waals surface area contributed by atoms with Crippen molar-refractivity contribution in [3.63, 3.8) is 0 Å². The molecular formula is C32H34N4O3S. The number of anilines is 1. The van der Waals surface area contributed by atoms with Crippen LogP contribution in [0.3, 0.4) is 0 Å². The number of carbonyl (C=O) groups excluding carboxylic acids is 2. The van der Waals surface area contributed by atoms with Crippen LogP contribution in [0, 0.1) is 5.41 Å². The lowest BCUT2D eigenvalue weighted by Crippen LogP contribution is -2.32. The van der Waals surface area contributed by atoms with Crippen LogP contribution in [-0.2, 0) is 9.59 Å². The van der Waals surface area contributed by atoms with Crippen molar-refractivity contribution in [2.75, 3.05) is 11.5 Å². The number of nitrogens with one attached hydrogen (secondary N) is 1. The molecule has 2 aliphatic heterocycles. The highest BCUT2D eigenvalue weighted by atomic mass is 32.2. The van der Waals surface area contributed by atoms with Gasteiger partial charge in [0, 0.05) is 12.8 Å². The molecule has 8 heteroatoms. The predicted octanol–water partition coefficient (Wildman–Crippen LogP) is 6.80. The molecule has 1 saturated heterocycles. The Morgan fingerprint density at radius 2 is 1.62 bits per heavy atom. The molecule has 1 N–H and O–H groups in total. The molecule has 2 amide bonds. The number of nitrogens with zero attached hydrogens (tertiary/aromatic N) is 3. The Bertz CT molecular complexity index is 1360. The van der Waals surface area contributed by atoms with E-state index in [2.05, 4.69) is 6.92 Å². The maximum atomic E-state index is 13.4. The number of unbranched alkanes of at least 4 members (excludes halogenated alkanes) is 3. The van der Waals surface area contributed by atoms with E-state index in [1.807, 2.05) is 60.7 Å². The Hall–Kier alpha value is -3.91. The van der Waals surface area contributed by atoms with Gasteiger partial charge in [0.25, 0.3) is 0 Å². The molecular weight excluding hydrogens is 520 g/mol. The molecule has 0 bridgehead atoms. The molecule has 1 fully saturated rings. The number of carbonyl (C=O) groups is 2. The summed E-state index contributed by atoms with van der Waals surface area (Å²) in [7, 11) is 0. The minimum atomic E-state index is -0.679. The minimum absolute atomic E-state index is 0.0423. The second-order valence-electron chi connectivity index (χ2n) is 9.97. The Morgan fingerprint density at radius 1 is 0.925 bits per heavy atom. The van der Waals surface area contributed by atoms with Gasteiger partial charge >= 0.3 is 0 Å². The van der Waals surface area contributed by atoms with Gasteiger partial charge in [-0.05, 0) is 41.8 Å². The van der Waals surface area contributed by atoms with Crippen LogP contribution in [0.4, 0.5) is 5.69 Å². The molecule has 2 heterocycles. The van der Waals surface area contributed by atoms with Crippen LogP contribution in [0.25, 0.3) is 0 Å². The highest BCUT2D eigenvalue weighted by Crippen LogP contribution is 2.38. The SMILES string of the molecule is CCCCCCOc1ccc(N2C(=O)CC(SC(=N)N3N=C(c4ccccc4)CC3c3ccccc3)C2=O)cc1. The van der Waals surface area contributed by atoms with Gasteiger partial charge in [-0.2, -0.15) is 5.10 Å². The first-order valence-corrected chi connectivity index (χ1v) is 14.7. The molecule has 0 aliphatic carbocycles. The van der Waals surface area contributed by atoms with Crippen molar-refractivity contribution in [1.29, 1.82) is 5.41 Å². The fourth-order valence-electron chi connectivity index (χ4n) is 5.00. The number of amides is 2. The lowest BCUT2D eigenvalue weighted by atomic mass is 9.99. The number of benzene rings is 3. The third kappa shape index (κ3) is 6.28. The van der Waals surface area contributed by atoms with Crippen molar-refractivity contribution in [3.8, 4) is 5.75 Å². The molecule has 0 radical (unpaired) electrons. The average Bonchev–Trinajstić information content (AvgIpc) is 3.55. The average molecular weight is 555 g/mol. The van der Waals surface area contributed by atoms with Crippen molar-refractivity contribution >= 4 is 40.1 Å². The zero-order valence-electron chi connectivity index (χ0n) is 22.7. The standard InChI is InChI=1S/C32H34N4O3S/c1-2-3-4-11-20-39-26-18-16-25(17-19-26)35-30(37)22-29(31(35)38)40-32(33)36-28(24-14-9-6-10-15-24)21-27(34-36)23-12-7-5-8-13-23/h5-10,12-19,28-29,33H,2-4,11,20-22H2,1H3. The van der Waals surface area contributed by atoms with E-state index in [4.69, 9.17) is 15.2 Å². The van der Waals surface area contributed by atoms with E-state index in [-0.39, 0.29) is 29.4 Å². The van der Waals surface area contributed by atoms with E-state index in [0.717, 1.165) is 47.2 Å². The first kappa shape index (κ1) is 27.6. The summed E-state index contributed by atoms with van der Waals surface area (Å²) in [4.78, 5) is 27.5. The number of thioether (sulfide) groups is 1. The van der Waals surface area contributed by atoms with Gasteiger partial charge in [-0.3, -0.25) is 15.0 Å². The molecule has 3 aromatic rings. The summed E-state index contributed by atoms with van der Waals surface area (Å²) >= 11 is 1.10. The molecule has 2 unspecified atom stereocenters. The van der Waals surface area contributed by atoms with E-state index in [0.29, 0.717) is 18.7 Å². The van der Waals surface area contributed by atoms with E-state index < -0.39 is 5.25 Å². The fraction of sp³-hybridized carbons (Fsp3) is 0.312. The van der Waals surface area contributed by atoms with Crippen LogP contribution in [0.5, 0.6) is 5.75 Å². The smallest absolute Gasteiger partial charge is 0.247 e. The molecule has 7 nitrogen and oxygen atoms in total. The number of amidine groups is 1. The van der Waals surface area contributed by atoms with Crippen molar-refractivity contribution < 1.29 is 14.3 Å². The van der Waals surface area contributed by atoms with Crippen molar-refractivity contribution in [2.45, 2.75) is 56.7 Å². The van der Waals surface area contributed by atoms with Gasteiger partial charge in [0.1, 0.15) is 11.0 Å². The van der Waals surface area contributed by atoms with Gasteiger partial charge in [-0.25, -0.2) is 9.91 Å². The molecule has 0 saturated carbocycles. The first-order valence-electron chi connectivity index (χ1n) is 13.9. The summed E-state index contributed by atoms with van der Waals surface area (Å²) in [6, 6.07) is 26.9. The van der Waals surface area contributed by atoms with Crippen LogP contribution in [-0.4, -0.2) is 39.6 Å². The van der Waals surface area contributed by atoms with Crippen LogP contribution in [0.15, 0.2) is 90.0 Å².